The second-order valence-corrected chi connectivity index (χ2v) is 5.75. The Morgan fingerprint density at radius 2 is 2.05 bits per heavy atom. The maximum absolute atomic E-state index is 4.56. The summed E-state index contributed by atoms with van der Waals surface area (Å²) in [6.45, 7) is 6.84. The number of pyridine rings is 1. The second kappa shape index (κ2) is 5.69. The summed E-state index contributed by atoms with van der Waals surface area (Å²) in [5, 5.41) is 12.8. The van der Waals surface area contributed by atoms with E-state index in [-0.39, 0.29) is 0 Å². The van der Waals surface area contributed by atoms with E-state index in [4.69, 9.17) is 0 Å². The molecule has 3 aromatic heterocycles. The monoisotopic (exact) mass is 300 g/mol. The Labute approximate surface area is 126 Å². The van der Waals surface area contributed by atoms with Crippen LogP contribution in [-0.4, -0.2) is 31.7 Å². The van der Waals surface area contributed by atoms with Crippen LogP contribution in [0.3, 0.4) is 0 Å². The molecule has 0 saturated heterocycles. The number of aryl methyl sites for hydroxylation is 2. The van der Waals surface area contributed by atoms with E-state index >= 15 is 0 Å². The Hall–Kier alpha value is -2.15. The van der Waals surface area contributed by atoms with Gasteiger partial charge in [-0.3, -0.25) is 5.10 Å². The van der Waals surface area contributed by atoms with Gasteiger partial charge in [-0.2, -0.15) is 10.1 Å². The van der Waals surface area contributed by atoms with Gasteiger partial charge in [0.25, 0.3) is 0 Å². The first-order valence-corrected chi connectivity index (χ1v) is 7.55. The fourth-order valence-corrected chi connectivity index (χ4v) is 3.10. The van der Waals surface area contributed by atoms with Crippen LogP contribution < -0.4 is 5.32 Å². The molecule has 0 radical (unpaired) electrons. The molecule has 3 aromatic rings. The molecular weight excluding hydrogens is 284 g/mol. The first-order chi connectivity index (χ1) is 10.2. The van der Waals surface area contributed by atoms with E-state index in [2.05, 4.69) is 49.5 Å². The van der Waals surface area contributed by atoms with Crippen LogP contribution in [0.15, 0.2) is 28.4 Å². The number of nitrogens with zero attached hydrogens (tertiary/aromatic N) is 4. The maximum Gasteiger partial charge on any atom is 0.225 e. The minimum Gasteiger partial charge on any atom is -0.354 e. The summed E-state index contributed by atoms with van der Waals surface area (Å²) in [5.41, 5.74) is 2.92. The number of fused-ring (bicyclic) bond motifs is 1. The molecule has 0 bridgehead atoms. The lowest BCUT2D eigenvalue weighted by molar-refractivity contribution is 1.02. The number of hydrogen-bond donors (Lipinski definition) is 2. The van der Waals surface area contributed by atoms with Gasteiger partial charge in [0.15, 0.2) is 5.65 Å². The molecule has 3 rings (SSSR count). The van der Waals surface area contributed by atoms with Crippen LogP contribution in [0.25, 0.3) is 11.0 Å². The first-order valence-electron chi connectivity index (χ1n) is 6.74. The molecule has 0 atom stereocenters. The quantitative estimate of drug-likeness (QED) is 0.721. The summed E-state index contributed by atoms with van der Waals surface area (Å²) < 4.78 is 0. The highest BCUT2D eigenvalue weighted by Gasteiger charge is 2.11. The highest BCUT2D eigenvalue weighted by molar-refractivity contribution is 7.99. The van der Waals surface area contributed by atoms with Crippen LogP contribution in [-0.2, 0) is 0 Å². The molecular formula is C14H16N6S. The summed E-state index contributed by atoms with van der Waals surface area (Å²) in [4.78, 5) is 13.5. The van der Waals surface area contributed by atoms with E-state index in [1.807, 2.05) is 13.8 Å². The molecule has 0 aliphatic carbocycles. The van der Waals surface area contributed by atoms with Crippen molar-refractivity contribution in [3.05, 3.63) is 29.6 Å². The van der Waals surface area contributed by atoms with E-state index in [0.717, 1.165) is 33.3 Å². The fourth-order valence-electron chi connectivity index (χ4n) is 2.08. The zero-order chi connectivity index (χ0) is 14.8. The van der Waals surface area contributed by atoms with E-state index in [9.17, 15) is 0 Å². The lowest BCUT2D eigenvalue weighted by Crippen LogP contribution is -2.03. The van der Waals surface area contributed by atoms with Crippen LogP contribution in [0.5, 0.6) is 0 Å². The lowest BCUT2D eigenvalue weighted by atomic mass is 10.3. The molecule has 0 aromatic carbocycles. The lowest BCUT2D eigenvalue weighted by Gasteiger charge is -2.07. The maximum atomic E-state index is 4.56. The number of aromatic nitrogens is 5. The van der Waals surface area contributed by atoms with Crippen molar-refractivity contribution in [2.24, 2.45) is 0 Å². The van der Waals surface area contributed by atoms with Crippen molar-refractivity contribution in [2.75, 3.05) is 11.9 Å². The minimum absolute atomic E-state index is 0.598. The number of anilines is 1. The van der Waals surface area contributed by atoms with Gasteiger partial charge in [0.05, 0.1) is 11.6 Å². The number of aromatic amines is 1. The zero-order valence-electron chi connectivity index (χ0n) is 12.1. The van der Waals surface area contributed by atoms with Gasteiger partial charge < -0.3 is 5.32 Å². The Bertz CT molecular complexity index is 762. The molecule has 0 amide bonds. The summed E-state index contributed by atoms with van der Waals surface area (Å²) in [7, 11) is 0. The Kier molecular flexibility index (Phi) is 3.74. The van der Waals surface area contributed by atoms with Crippen molar-refractivity contribution < 1.29 is 0 Å². The normalized spacial score (nSPS) is 11.0. The van der Waals surface area contributed by atoms with Gasteiger partial charge in [0.1, 0.15) is 10.1 Å². The molecule has 21 heavy (non-hydrogen) atoms. The topological polar surface area (TPSA) is 79.4 Å². The van der Waals surface area contributed by atoms with Crippen molar-refractivity contribution in [3.63, 3.8) is 0 Å². The molecule has 7 heteroatoms. The first kappa shape index (κ1) is 13.8. The van der Waals surface area contributed by atoms with Gasteiger partial charge in [-0.1, -0.05) is 0 Å². The van der Waals surface area contributed by atoms with Crippen LogP contribution in [0, 0.1) is 13.8 Å². The fraction of sp³-hybridized carbons (Fsp3) is 0.286. The zero-order valence-corrected chi connectivity index (χ0v) is 13.0. The van der Waals surface area contributed by atoms with E-state index < -0.39 is 0 Å². The Morgan fingerprint density at radius 3 is 2.81 bits per heavy atom. The Balaban J connectivity index is 2.04. The SMILES string of the molecule is CCNc1nc(Sc2cc(C)cc(C)n2)c2cn[nH]c2n1. The van der Waals surface area contributed by atoms with Crippen molar-refractivity contribution >= 4 is 28.7 Å². The summed E-state index contributed by atoms with van der Waals surface area (Å²) >= 11 is 1.53. The highest BCUT2D eigenvalue weighted by atomic mass is 32.2. The number of nitrogens with one attached hydrogen (secondary N) is 2. The van der Waals surface area contributed by atoms with Gasteiger partial charge in [-0.25, -0.2) is 9.97 Å². The van der Waals surface area contributed by atoms with Gasteiger partial charge in [-0.05, 0) is 50.2 Å². The van der Waals surface area contributed by atoms with Gasteiger partial charge >= 0.3 is 0 Å². The second-order valence-electron chi connectivity index (χ2n) is 4.74. The van der Waals surface area contributed by atoms with Crippen molar-refractivity contribution in [1.29, 1.82) is 0 Å². The number of rotatable bonds is 4. The molecule has 2 N–H and O–H groups in total. The van der Waals surface area contributed by atoms with Crippen LogP contribution in [0.2, 0.25) is 0 Å². The summed E-state index contributed by atoms with van der Waals surface area (Å²) in [5.74, 6) is 0.598. The molecule has 0 spiro atoms. The largest absolute Gasteiger partial charge is 0.354 e. The van der Waals surface area contributed by atoms with E-state index in [1.165, 1.54) is 17.3 Å². The number of hydrogen-bond acceptors (Lipinski definition) is 6. The van der Waals surface area contributed by atoms with Crippen molar-refractivity contribution in [2.45, 2.75) is 30.8 Å². The third-order valence-corrected chi connectivity index (χ3v) is 3.81. The summed E-state index contributed by atoms with van der Waals surface area (Å²) in [6.07, 6.45) is 1.75. The third kappa shape index (κ3) is 2.97. The molecule has 3 heterocycles. The van der Waals surface area contributed by atoms with Gasteiger partial charge in [-0.15, -0.1) is 0 Å². The molecule has 0 saturated carbocycles. The van der Waals surface area contributed by atoms with Crippen LogP contribution >= 0.6 is 11.8 Å². The van der Waals surface area contributed by atoms with Crippen LogP contribution in [0.4, 0.5) is 5.95 Å². The average molecular weight is 300 g/mol. The minimum atomic E-state index is 0.598. The molecule has 0 unspecified atom stereocenters. The third-order valence-electron chi connectivity index (χ3n) is 2.89. The molecule has 0 aliphatic rings. The predicted octanol–water partition coefficient (Wildman–Crippen LogP) is 2.95. The van der Waals surface area contributed by atoms with Crippen molar-refractivity contribution in [3.8, 4) is 0 Å². The molecule has 0 fully saturated rings. The molecule has 6 nitrogen and oxygen atoms in total. The number of H-pyrrole nitrogens is 1. The average Bonchev–Trinajstić information content (AvgIpc) is 2.86. The van der Waals surface area contributed by atoms with E-state index in [1.54, 1.807) is 6.20 Å². The highest BCUT2D eigenvalue weighted by Crippen LogP contribution is 2.31. The van der Waals surface area contributed by atoms with E-state index in [0.29, 0.717) is 5.95 Å². The van der Waals surface area contributed by atoms with Gasteiger partial charge in [0, 0.05) is 12.2 Å². The Morgan fingerprint density at radius 1 is 1.19 bits per heavy atom. The van der Waals surface area contributed by atoms with Gasteiger partial charge in [0.2, 0.25) is 5.95 Å². The summed E-state index contributed by atoms with van der Waals surface area (Å²) in [6, 6.07) is 4.11. The van der Waals surface area contributed by atoms with Crippen molar-refractivity contribution in [1.82, 2.24) is 25.1 Å². The molecule has 0 aliphatic heterocycles. The molecule has 108 valence electrons. The van der Waals surface area contributed by atoms with Crippen LogP contribution in [0.1, 0.15) is 18.2 Å². The smallest absolute Gasteiger partial charge is 0.225 e. The predicted molar refractivity (Wildman–Crippen MR) is 83.7 cm³/mol. The standard InChI is InChI=1S/C14H16N6S/c1-4-15-14-18-12-10(7-16-20-12)13(19-14)21-11-6-8(2)5-9(3)17-11/h5-7H,4H2,1-3H3,(H2,15,16,18,19,20).